The fraction of sp³-hybridized carbons (Fsp3) is 0.885. The van der Waals surface area contributed by atoms with Crippen LogP contribution >= 0.6 is 0 Å². The van der Waals surface area contributed by atoms with Crippen LogP contribution in [0.15, 0.2) is 0 Å². The number of primary amides is 2. The number of rotatable bonds is 50. The summed E-state index contributed by atoms with van der Waals surface area (Å²) >= 11 is 0. The molecule has 109 heavy (non-hydrogen) atoms. The van der Waals surface area contributed by atoms with Gasteiger partial charge < -0.3 is 89.2 Å². The van der Waals surface area contributed by atoms with Gasteiger partial charge in [-0.2, -0.15) is 0 Å². The number of hydrogen-bond donors (Lipinski definition) is 10. The number of amides is 9. The van der Waals surface area contributed by atoms with Crippen molar-refractivity contribution in [1.29, 1.82) is 0 Å². The smallest absolute Gasteiger partial charge is 0.335 e. The molecule has 0 aliphatic rings. The number of aliphatic hydroxyl groups excluding tert-OH is 1. The lowest BCUT2D eigenvalue weighted by atomic mass is 9.90. The van der Waals surface area contributed by atoms with Gasteiger partial charge in [0.05, 0.1) is 13.2 Å². The second-order valence-corrected chi connectivity index (χ2v) is 42.8. The summed E-state index contributed by atoms with van der Waals surface area (Å²) in [5, 5.41) is 28.0. The molecule has 0 radical (unpaired) electrons. The number of nitrogens with one attached hydrogen (secondary N) is 7. The maximum atomic E-state index is 11.7. The van der Waals surface area contributed by atoms with Crippen LogP contribution in [-0.2, 0) is 78.6 Å². The third-order valence-electron chi connectivity index (χ3n) is 17.8. The quantitative estimate of drug-likeness (QED) is 0.0200. The molecule has 0 heterocycles. The average Bonchev–Trinajstić information content (AvgIpc) is 0.877. The van der Waals surface area contributed by atoms with Crippen LogP contribution in [0.4, 0.5) is 0 Å². The van der Waals surface area contributed by atoms with E-state index in [2.05, 4.69) is 63.8 Å². The first-order valence-corrected chi connectivity index (χ1v) is 50.9. The minimum Gasteiger partial charge on any atom is -0.398 e. The zero-order valence-electron chi connectivity index (χ0n) is 75.3. The van der Waals surface area contributed by atoms with Gasteiger partial charge in [0.2, 0.25) is 53.2 Å². The summed E-state index contributed by atoms with van der Waals surface area (Å²) in [6, 6.07) is 4.20. The Hall–Kier alpha value is -4.26. The van der Waals surface area contributed by atoms with Crippen molar-refractivity contribution < 1.29 is 83.7 Å². The predicted molar refractivity (Wildman–Crippen MR) is 455 cm³/mol. The van der Waals surface area contributed by atoms with Crippen LogP contribution in [0.25, 0.3) is 0 Å². The Labute approximate surface area is 669 Å². The van der Waals surface area contributed by atoms with Crippen molar-refractivity contribution in [2.24, 2.45) is 46.5 Å². The summed E-state index contributed by atoms with van der Waals surface area (Å²) in [5.41, 5.74) is 9.55. The molecule has 0 bridgehead atoms. The molecule has 7 unspecified atom stereocenters. The Morgan fingerprint density at radius 3 is 0.917 bits per heavy atom. The molecule has 27 nitrogen and oxygen atoms in total. The van der Waals surface area contributed by atoms with Crippen molar-refractivity contribution in [3.05, 3.63) is 0 Å². The van der Waals surface area contributed by atoms with E-state index >= 15 is 0 Å². The molecule has 0 aromatic heterocycles. The maximum Gasteiger partial charge on any atom is 0.335 e. The minimum atomic E-state index is -2.13. The van der Waals surface area contributed by atoms with E-state index in [0.29, 0.717) is 65.1 Å². The lowest BCUT2D eigenvalue weighted by Gasteiger charge is -2.31. The fourth-order valence-corrected chi connectivity index (χ4v) is 18.0. The van der Waals surface area contributed by atoms with E-state index in [1.807, 2.05) is 166 Å². The van der Waals surface area contributed by atoms with Crippen LogP contribution in [-0.4, -0.2) is 197 Å². The Bertz CT molecular complexity index is 2280. The highest BCUT2D eigenvalue weighted by Crippen LogP contribution is 2.22. The van der Waals surface area contributed by atoms with Crippen molar-refractivity contribution in [3.63, 3.8) is 0 Å². The average molecular weight is 1640 g/mol. The molecule has 0 aromatic carbocycles. The standard InChI is InChI=1S/C15H33NO3Si.2C13H29NO3Si.C11H25NO3Si.C7H14N2O2.C7H15NO2.2C6H13NO/c1-8-14(6)15(17)16-10-9-11-20(7,18-12(2)3)19-13(4)5;1-6-12(4)13(15)14-10-9-11-18(5,16-7-2)17-8-3;1-6-12(4)14-13(15)10-9-11-18(5,16-7-2)17-8-3;1-6-10(2)11(13)12-8-7-9-16(5,14-3)15-4;1-3-5(2)7(11)9-4-6(8)10;1-3-6(2)7(10)8-4-5-9;1-4-6(2,3)5(7)8;1-4-5(2)7-6(3)8/h12-14H,8-11H2,1-7H3,(H,16,17);2*12H,6-11H2,1-5H3,(H,14,15);10H,6-9H2,1-5H3,(H,12,13);5H,3-4H2,1-2H3,(H2,8,10)(H,9,11);6,9H,3-5H2,1-2H3,(H,8,10);4H2,1-3H3,(H2,7,8);5H,4H2,1-3H3,(H,7,8). The van der Waals surface area contributed by atoms with E-state index < -0.39 is 40.2 Å². The van der Waals surface area contributed by atoms with Crippen LogP contribution in [0, 0.1) is 35.0 Å². The SMILES string of the molecule is CCC(C)(C)C(N)=O.CCC(C)C(=O)NCC(N)=O.CCC(C)C(=O)NCCC[Si](C)(OC(C)C)OC(C)C.CCC(C)C(=O)NCCC[Si](C)(OC)OC.CCC(C)C(=O)NCCO.CCC(C)NC(C)=O.CCO[Si](C)(CCCC(=O)NC(C)CC)OCC.CCO[Si](C)(CCCNC(=O)C(C)CC)OCC. The van der Waals surface area contributed by atoms with Gasteiger partial charge in [-0.3, -0.25) is 43.2 Å². The highest BCUT2D eigenvalue weighted by Gasteiger charge is 2.35. The summed E-state index contributed by atoms with van der Waals surface area (Å²) in [7, 11) is -4.77. The van der Waals surface area contributed by atoms with Crippen molar-refractivity contribution in [2.75, 3.05) is 80.0 Å². The van der Waals surface area contributed by atoms with E-state index in [1.54, 1.807) is 21.1 Å². The Morgan fingerprint density at radius 2 is 0.688 bits per heavy atom. The van der Waals surface area contributed by atoms with E-state index in [1.165, 1.54) is 6.92 Å². The number of hydrogen-bond acceptors (Lipinski definition) is 18. The second kappa shape index (κ2) is 73.9. The molecule has 12 N–H and O–H groups in total. The molecule has 652 valence electrons. The molecule has 0 fully saturated rings. The molecular formula is C78H171N9O18Si4. The zero-order valence-corrected chi connectivity index (χ0v) is 79.3. The van der Waals surface area contributed by atoms with Gasteiger partial charge in [0.25, 0.3) is 0 Å². The second-order valence-electron chi connectivity index (χ2n) is 29.3. The summed E-state index contributed by atoms with van der Waals surface area (Å²) in [5.74, 6) is 0.108. The Morgan fingerprint density at radius 1 is 0.404 bits per heavy atom. The fourth-order valence-electron chi connectivity index (χ4n) is 8.68. The minimum absolute atomic E-state index is 0.0160. The first-order chi connectivity index (χ1) is 50.6. The van der Waals surface area contributed by atoms with Gasteiger partial charge in [0, 0.05) is 139 Å². The summed E-state index contributed by atoms with van der Waals surface area (Å²) in [6.07, 6.45) is 11.5. The third-order valence-corrected chi connectivity index (χ3v) is 30.1. The normalized spacial score (nSPS) is 13.1. The van der Waals surface area contributed by atoms with Crippen molar-refractivity contribution in [3.8, 4) is 0 Å². The van der Waals surface area contributed by atoms with E-state index in [-0.39, 0.29) is 114 Å². The summed E-state index contributed by atoms with van der Waals surface area (Å²) in [4.78, 5) is 99.3. The number of carbonyl (C=O) groups is 9. The molecule has 9 amide bonds. The maximum absolute atomic E-state index is 11.7. The van der Waals surface area contributed by atoms with Crippen molar-refractivity contribution >= 4 is 87.4 Å². The van der Waals surface area contributed by atoms with Crippen LogP contribution in [0.5, 0.6) is 0 Å². The first-order valence-electron chi connectivity index (χ1n) is 40.8. The van der Waals surface area contributed by atoms with Crippen LogP contribution in [0.2, 0.25) is 50.4 Å². The van der Waals surface area contributed by atoms with Gasteiger partial charge in [0.15, 0.2) is 0 Å². The van der Waals surface area contributed by atoms with Crippen LogP contribution in [0.3, 0.4) is 0 Å². The third kappa shape index (κ3) is 76.2. The highest BCUT2D eigenvalue weighted by molar-refractivity contribution is 6.67. The molecule has 0 saturated heterocycles. The molecule has 0 aliphatic carbocycles. The van der Waals surface area contributed by atoms with Crippen LogP contribution < -0.4 is 48.7 Å². The molecule has 0 saturated carbocycles. The largest absolute Gasteiger partial charge is 0.398 e. The van der Waals surface area contributed by atoms with E-state index in [0.717, 1.165) is 101 Å². The molecule has 31 heteroatoms. The highest BCUT2D eigenvalue weighted by atomic mass is 28.4. The monoisotopic (exact) mass is 1630 g/mol. The number of nitrogens with two attached hydrogens (primary N) is 2. The number of carbonyl (C=O) groups excluding carboxylic acids is 9. The number of aliphatic hydroxyl groups is 1. The first kappa shape index (κ1) is 120. The predicted octanol–water partition coefficient (Wildman–Crippen LogP) is 12.5. The molecule has 7 atom stereocenters. The van der Waals surface area contributed by atoms with Crippen molar-refractivity contribution in [2.45, 2.75) is 338 Å². The van der Waals surface area contributed by atoms with Gasteiger partial charge in [-0.25, -0.2) is 0 Å². The zero-order chi connectivity index (χ0) is 86.6. The molecule has 0 aliphatic heterocycles. The lowest BCUT2D eigenvalue weighted by molar-refractivity contribution is -0.127. The van der Waals surface area contributed by atoms with Gasteiger partial charge in [-0.1, -0.05) is 104 Å². The summed E-state index contributed by atoms with van der Waals surface area (Å²) in [6.45, 7) is 64.4. The molecule has 0 spiro atoms. The lowest BCUT2D eigenvalue weighted by Crippen LogP contribution is -2.43. The molecule has 0 aromatic rings. The van der Waals surface area contributed by atoms with Gasteiger partial charge >= 0.3 is 34.2 Å². The molecular weight excluding hydrogens is 1460 g/mol. The topological polar surface area (TPSA) is 384 Å². The molecule has 0 rings (SSSR count). The van der Waals surface area contributed by atoms with E-state index in [4.69, 9.17) is 52.0 Å². The Kier molecular flexibility index (Phi) is 81.6. The Balaban J connectivity index is -0.000000182. The van der Waals surface area contributed by atoms with Gasteiger partial charge in [-0.05, 0) is 197 Å². The van der Waals surface area contributed by atoms with Gasteiger partial charge in [-0.15, -0.1) is 0 Å². The van der Waals surface area contributed by atoms with Gasteiger partial charge in [0.1, 0.15) is 0 Å². The van der Waals surface area contributed by atoms with E-state index in [9.17, 15) is 43.2 Å². The summed E-state index contributed by atoms with van der Waals surface area (Å²) < 4.78 is 45.8. The van der Waals surface area contributed by atoms with Crippen molar-refractivity contribution in [1.82, 2.24) is 37.2 Å². The van der Waals surface area contributed by atoms with Crippen LogP contribution in [0.1, 0.15) is 263 Å².